The minimum absolute atomic E-state index is 0.149. The summed E-state index contributed by atoms with van der Waals surface area (Å²) in [5.41, 5.74) is 1.70. The lowest BCUT2D eigenvalue weighted by molar-refractivity contribution is 0.269. The Kier molecular flexibility index (Phi) is 3.12. The van der Waals surface area contributed by atoms with E-state index in [-0.39, 0.29) is 6.61 Å². The van der Waals surface area contributed by atoms with Crippen LogP contribution in [0, 0.1) is 0 Å². The molecule has 0 bridgehead atoms. The van der Waals surface area contributed by atoms with Crippen molar-refractivity contribution in [1.82, 2.24) is 14.6 Å². The fourth-order valence-electron chi connectivity index (χ4n) is 1.90. The predicted octanol–water partition coefficient (Wildman–Crippen LogP) is 1.80. The fourth-order valence-corrected chi connectivity index (χ4v) is 1.90. The third-order valence-electron chi connectivity index (χ3n) is 2.85. The number of aromatic nitrogens is 3. The molecule has 0 fully saturated rings. The topological polar surface area (TPSA) is 59.7 Å². The Morgan fingerprint density at radius 3 is 2.68 bits per heavy atom. The second-order valence-electron chi connectivity index (χ2n) is 4.11. The Bertz CT molecular complexity index is 679. The second kappa shape index (κ2) is 5.07. The van der Waals surface area contributed by atoms with Crippen LogP contribution < -0.4 is 4.74 Å². The summed E-state index contributed by atoms with van der Waals surface area (Å²) < 4.78 is 7.48. The maximum absolute atomic E-state index is 9.16. The average molecular weight is 255 g/mol. The molecule has 0 radical (unpaired) electrons. The van der Waals surface area contributed by atoms with E-state index in [9.17, 15) is 0 Å². The van der Waals surface area contributed by atoms with Crippen molar-refractivity contribution >= 4 is 5.65 Å². The molecule has 0 unspecified atom stereocenters. The molecule has 3 rings (SSSR count). The molecule has 3 aromatic rings. The quantitative estimate of drug-likeness (QED) is 0.772. The van der Waals surface area contributed by atoms with Gasteiger partial charge in [-0.15, -0.1) is 10.2 Å². The third-order valence-corrected chi connectivity index (χ3v) is 2.85. The van der Waals surface area contributed by atoms with E-state index in [0.29, 0.717) is 23.8 Å². The molecule has 0 aliphatic carbocycles. The van der Waals surface area contributed by atoms with Gasteiger partial charge in [0.1, 0.15) is 13.2 Å². The Labute approximate surface area is 110 Å². The Balaban J connectivity index is 1.87. The van der Waals surface area contributed by atoms with E-state index >= 15 is 0 Å². The number of fused-ring (bicyclic) bond motifs is 1. The van der Waals surface area contributed by atoms with Crippen molar-refractivity contribution in [2.24, 2.45) is 0 Å². The zero-order valence-corrected chi connectivity index (χ0v) is 10.2. The van der Waals surface area contributed by atoms with Crippen LogP contribution in [-0.2, 0) is 13.2 Å². The summed E-state index contributed by atoms with van der Waals surface area (Å²) in [5.74, 6) is 1.15. The molecule has 96 valence electrons. The number of ether oxygens (including phenoxy) is 1. The molecule has 0 amide bonds. The first-order valence-corrected chi connectivity index (χ1v) is 5.98. The van der Waals surface area contributed by atoms with Crippen LogP contribution >= 0.6 is 0 Å². The van der Waals surface area contributed by atoms with Crippen molar-refractivity contribution in [1.29, 1.82) is 0 Å². The molecule has 0 atom stereocenters. The van der Waals surface area contributed by atoms with Crippen LogP contribution in [-0.4, -0.2) is 19.7 Å². The first-order valence-electron chi connectivity index (χ1n) is 5.98. The van der Waals surface area contributed by atoms with Gasteiger partial charge >= 0.3 is 0 Å². The summed E-state index contributed by atoms with van der Waals surface area (Å²) in [4.78, 5) is 0. The minimum Gasteiger partial charge on any atom is -0.485 e. The van der Waals surface area contributed by atoms with Gasteiger partial charge in [-0.05, 0) is 17.7 Å². The van der Waals surface area contributed by atoms with E-state index in [2.05, 4.69) is 10.2 Å². The number of aliphatic hydroxyl groups is 1. The van der Waals surface area contributed by atoms with Gasteiger partial charge in [-0.3, -0.25) is 4.40 Å². The molecule has 1 N–H and O–H groups in total. The maximum atomic E-state index is 9.16. The van der Waals surface area contributed by atoms with Crippen LogP contribution in [0.2, 0.25) is 0 Å². The number of rotatable bonds is 4. The van der Waals surface area contributed by atoms with Crippen molar-refractivity contribution < 1.29 is 9.84 Å². The number of aliphatic hydroxyl groups excluding tert-OH is 1. The number of hydrogen-bond acceptors (Lipinski definition) is 4. The molecular weight excluding hydrogens is 242 g/mol. The molecule has 5 nitrogen and oxygen atoms in total. The molecule has 0 aliphatic rings. The van der Waals surface area contributed by atoms with E-state index in [4.69, 9.17) is 9.84 Å². The minimum atomic E-state index is -0.149. The number of benzene rings is 1. The molecule has 19 heavy (non-hydrogen) atoms. The van der Waals surface area contributed by atoms with E-state index in [1.165, 1.54) is 0 Å². The maximum Gasteiger partial charge on any atom is 0.203 e. The lowest BCUT2D eigenvalue weighted by atomic mass is 10.2. The van der Waals surface area contributed by atoms with E-state index in [1.807, 2.05) is 42.5 Å². The number of hydrogen-bond donors (Lipinski definition) is 1. The molecule has 2 aromatic heterocycles. The summed E-state index contributed by atoms with van der Waals surface area (Å²) in [6.07, 6.45) is 1.80. The van der Waals surface area contributed by atoms with Crippen molar-refractivity contribution in [3.8, 4) is 5.75 Å². The standard InChI is InChI=1S/C14H13N3O2/c18-9-13-15-16-14-12(7-4-8-17(13)14)19-10-11-5-2-1-3-6-11/h1-8,18H,9-10H2. The van der Waals surface area contributed by atoms with Gasteiger partial charge in [0.25, 0.3) is 0 Å². The van der Waals surface area contributed by atoms with Gasteiger partial charge < -0.3 is 9.84 Å². The predicted molar refractivity (Wildman–Crippen MR) is 69.7 cm³/mol. The summed E-state index contributed by atoms with van der Waals surface area (Å²) in [6.45, 7) is 0.325. The Morgan fingerprint density at radius 1 is 1.05 bits per heavy atom. The van der Waals surface area contributed by atoms with Crippen LogP contribution in [0.25, 0.3) is 5.65 Å². The number of pyridine rings is 1. The SMILES string of the molecule is OCc1nnc2c(OCc3ccccc3)cccn12. The van der Waals surface area contributed by atoms with Gasteiger partial charge in [-0.2, -0.15) is 0 Å². The molecule has 0 aliphatic heterocycles. The zero-order valence-electron chi connectivity index (χ0n) is 10.2. The smallest absolute Gasteiger partial charge is 0.203 e. The van der Waals surface area contributed by atoms with Crippen molar-refractivity contribution in [2.75, 3.05) is 0 Å². The molecule has 1 aromatic carbocycles. The molecule has 5 heteroatoms. The lowest BCUT2D eigenvalue weighted by Gasteiger charge is -2.07. The molecule has 2 heterocycles. The highest BCUT2D eigenvalue weighted by molar-refractivity contribution is 5.53. The van der Waals surface area contributed by atoms with Crippen molar-refractivity contribution in [3.05, 3.63) is 60.0 Å². The average Bonchev–Trinajstić information content (AvgIpc) is 2.90. The Morgan fingerprint density at radius 2 is 1.89 bits per heavy atom. The Hall–Kier alpha value is -2.40. The first kappa shape index (κ1) is 11.7. The van der Waals surface area contributed by atoms with Crippen molar-refractivity contribution in [3.63, 3.8) is 0 Å². The summed E-state index contributed by atoms with van der Waals surface area (Å²) in [5, 5.41) is 17.1. The van der Waals surface area contributed by atoms with E-state index < -0.39 is 0 Å². The van der Waals surface area contributed by atoms with Gasteiger partial charge in [0.15, 0.2) is 11.6 Å². The van der Waals surface area contributed by atoms with Crippen LogP contribution in [0.15, 0.2) is 48.7 Å². The third kappa shape index (κ3) is 2.28. The van der Waals surface area contributed by atoms with Gasteiger partial charge in [-0.1, -0.05) is 30.3 Å². The van der Waals surface area contributed by atoms with Crippen LogP contribution in [0.1, 0.15) is 11.4 Å². The summed E-state index contributed by atoms with van der Waals surface area (Å²) in [6, 6.07) is 13.6. The van der Waals surface area contributed by atoms with E-state index in [1.54, 1.807) is 10.6 Å². The highest BCUT2D eigenvalue weighted by Crippen LogP contribution is 2.19. The van der Waals surface area contributed by atoms with Crippen LogP contribution in [0.5, 0.6) is 5.75 Å². The highest BCUT2D eigenvalue weighted by atomic mass is 16.5. The summed E-state index contributed by atoms with van der Waals surface area (Å²) >= 11 is 0. The molecule has 0 saturated carbocycles. The number of nitrogens with zero attached hydrogens (tertiary/aromatic N) is 3. The van der Waals surface area contributed by atoms with Gasteiger partial charge in [0, 0.05) is 6.20 Å². The van der Waals surface area contributed by atoms with Gasteiger partial charge in [0.05, 0.1) is 0 Å². The van der Waals surface area contributed by atoms with Crippen LogP contribution in [0.4, 0.5) is 0 Å². The molecular formula is C14H13N3O2. The van der Waals surface area contributed by atoms with Gasteiger partial charge in [-0.25, -0.2) is 0 Å². The molecule has 0 spiro atoms. The largest absolute Gasteiger partial charge is 0.485 e. The summed E-state index contributed by atoms with van der Waals surface area (Å²) in [7, 11) is 0. The van der Waals surface area contributed by atoms with Gasteiger partial charge in [0.2, 0.25) is 5.65 Å². The highest BCUT2D eigenvalue weighted by Gasteiger charge is 2.09. The monoisotopic (exact) mass is 255 g/mol. The molecule has 0 saturated heterocycles. The zero-order chi connectivity index (χ0) is 13.1. The normalized spacial score (nSPS) is 10.8. The lowest BCUT2D eigenvalue weighted by Crippen LogP contribution is -1.98. The fraction of sp³-hybridized carbons (Fsp3) is 0.143. The van der Waals surface area contributed by atoms with Crippen LogP contribution in [0.3, 0.4) is 0 Å². The first-order chi connectivity index (χ1) is 9.38. The van der Waals surface area contributed by atoms with E-state index in [0.717, 1.165) is 5.56 Å². The second-order valence-corrected chi connectivity index (χ2v) is 4.11. The van der Waals surface area contributed by atoms with Crippen molar-refractivity contribution in [2.45, 2.75) is 13.2 Å².